The second kappa shape index (κ2) is 3.71. The molecule has 1 saturated heterocycles. The topological polar surface area (TPSA) is 9.23 Å². The van der Waals surface area contributed by atoms with E-state index in [4.69, 9.17) is 4.74 Å². The smallest absolute Gasteiger partial charge is 0.0668 e. The van der Waals surface area contributed by atoms with Gasteiger partial charge in [0.25, 0.3) is 0 Å². The second-order valence-corrected chi connectivity index (χ2v) is 8.51. The molecule has 2 fully saturated rings. The van der Waals surface area contributed by atoms with Crippen LogP contribution in [0.5, 0.6) is 0 Å². The van der Waals surface area contributed by atoms with Crippen LogP contribution >= 0.6 is 15.9 Å². The number of rotatable bonds is 1. The van der Waals surface area contributed by atoms with E-state index in [0.717, 1.165) is 4.83 Å². The molecule has 0 radical (unpaired) electrons. The van der Waals surface area contributed by atoms with Crippen LogP contribution < -0.4 is 0 Å². The molecule has 0 N–H and O–H groups in total. The van der Waals surface area contributed by atoms with Gasteiger partial charge in [-0.1, -0.05) is 22.9 Å². The minimum Gasteiger partial charge on any atom is -0.369 e. The van der Waals surface area contributed by atoms with Crippen LogP contribution in [0.1, 0.15) is 60.3 Å². The summed E-state index contributed by atoms with van der Waals surface area (Å²) in [5.74, 6) is 0.692. The first kappa shape index (κ1) is 12.9. The number of ether oxygens (including phenoxy) is 1. The van der Waals surface area contributed by atoms with Gasteiger partial charge in [0.2, 0.25) is 0 Å². The number of hydrogen-bond acceptors (Lipinski definition) is 1. The highest BCUT2D eigenvalue weighted by Gasteiger charge is 2.54. The molecule has 0 aromatic heterocycles. The summed E-state index contributed by atoms with van der Waals surface area (Å²) in [7, 11) is 0. The van der Waals surface area contributed by atoms with Crippen LogP contribution in [0, 0.1) is 11.3 Å². The Hall–Kier alpha value is 0.440. The maximum atomic E-state index is 6.25. The molecule has 0 bridgehead atoms. The Morgan fingerprint density at radius 3 is 2.06 bits per heavy atom. The summed E-state index contributed by atoms with van der Waals surface area (Å²) in [5.41, 5.74) is 0.558. The molecule has 0 aromatic carbocycles. The average Bonchev–Trinajstić information content (AvgIpc) is 2.51. The highest BCUT2D eigenvalue weighted by atomic mass is 79.9. The van der Waals surface area contributed by atoms with E-state index in [1.165, 1.54) is 25.7 Å². The van der Waals surface area contributed by atoms with Crippen LogP contribution in [0.3, 0.4) is 0 Å². The van der Waals surface area contributed by atoms with E-state index in [0.29, 0.717) is 11.3 Å². The Labute approximate surface area is 108 Å². The van der Waals surface area contributed by atoms with Crippen molar-refractivity contribution in [3.05, 3.63) is 0 Å². The van der Waals surface area contributed by atoms with Gasteiger partial charge in [-0.3, -0.25) is 0 Å². The summed E-state index contributed by atoms with van der Waals surface area (Å²) < 4.78 is 6.25. The van der Waals surface area contributed by atoms with Crippen LogP contribution in [0.2, 0.25) is 0 Å². The third-order valence-corrected chi connectivity index (χ3v) is 5.41. The summed E-state index contributed by atoms with van der Waals surface area (Å²) >= 11 is 3.79. The Kier molecular flexibility index (Phi) is 2.99. The molecule has 3 unspecified atom stereocenters. The lowest BCUT2D eigenvalue weighted by Crippen LogP contribution is -2.38. The zero-order valence-electron chi connectivity index (χ0n) is 11.3. The van der Waals surface area contributed by atoms with Gasteiger partial charge in [-0.2, -0.15) is 0 Å². The zero-order valence-corrected chi connectivity index (χ0v) is 12.9. The van der Waals surface area contributed by atoms with Gasteiger partial charge in [0.1, 0.15) is 0 Å². The third kappa shape index (κ3) is 2.20. The van der Waals surface area contributed by atoms with E-state index in [9.17, 15) is 0 Å². The lowest BCUT2D eigenvalue weighted by atomic mass is 9.67. The summed E-state index contributed by atoms with van der Waals surface area (Å²) in [6.45, 7) is 11.5. The molecule has 0 spiro atoms. The number of alkyl halides is 1. The fourth-order valence-corrected chi connectivity index (χ4v) is 5.13. The van der Waals surface area contributed by atoms with Crippen LogP contribution in [-0.2, 0) is 4.74 Å². The molecule has 16 heavy (non-hydrogen) atoms. The molecule has 1 saturated carbocycles. The van der Waals surface area contributed by atoms with E-state index in [1.54, 1.807) is 0 Å². The van der Waals surface area contributed by atoms with Crippen LogP contribution in [0.4, 0.5) is 0 Å². The van der Waals surface area contributed by atoms with Gasteiger partial charge in [0.05, 0.1) is 11.2 Å². The highest BCUT2D eigenvalue weighted by molar-refractivity contribution is 9.09. The van der Waals surface area contributed by atoms with Gasteiger partial charge in [-0.25, -0.2) is 0 Å². The summed E-state index contributed by atoms with van der Waals surface area (Å²) in [6, 6.07) is 0. The predicted molar refractivity (Wildman–Crippen MR) is 72.0 cm³/mol. The first-order chi connectivity index (χ1) is 7.15. The molecule has 2 heteroatoms. The Morgan fingerprint density at radius 1 is 1.06 bits per heavy atom. The molecule has 1 aliphatic heterocycles. The van der Waals surface area contributed by atoms with Crippen molar-refractivity contribution >= 4 is 15.9 Å². The zero-order chi connectivity index (χ0) is 12.2. The molecule has 94 valence electrons. The van der Waals surface area contributed by atoms with E-state index in [2.05, 4.69) is 50.5 Å². The highest BCUT2D eigenvalue weighted by Crippen LogP contribution is 2.57. The summed E-state index contributed by atoms with van der Waals surface area (Å²) in [4.78, 5) is 0.719. The molecule has 3 atom stereocenters. The fourth-order valence-electron chi connectivity index (χ4n) is 4.16. The molecular formula is C14H25BrO. The van der Waals surface area contributed by atoms with E-state index >= 15 is 0 Å². The van der Waals surface area contributed by atoms with Crippen LogP contribution in [0.15, 0.2) is 0 Å². The lowest BCUT2D eigenvalue weighted by Gasteiger charge is -2.39. The van der Waals surface area contributed by atoms with E-state index in [1.807, 2.05) is 0 Å². The van der Waals surface area contributed by atoms with Crippen molar-refractivity contribution in [1.82, 2.24) is 0 Å². The van der Waals surface area contributed by atoms with Crippen molar-refractivity contribution in [2.75, 3.05) is 0 Å². The average molecular weight is 289 g/mol. The monoisotopic (exact) mass is 288 g/mol. The molecule has 1 heterocycles. The van der Waals surface area contributed by atoms with Crippen molar-refractivity contribution in [3.63, 3.8) is 0 Å². The standard InChI is InChI=1S/C14H25BrO/c1-12(2)9-11(13(3,4)16-12)14(5)7-6-10(15)8-14/h10-11H,6-9H2,1-5H3. The first-order valence-electron chi connectivity index (χ1n) is 6.49. The minimum absolute atomic E-state index is 0.0370. The van der Waals surface area contributed by atoms with Crippen molar-refractivity contribution in [2.45, 2.75) is 76.3 Å². The molecule has 2 rings (SSSR count). The normalized spacial score (nSPS) is 46.1. The molecule has 2 aliphatic rings. The SMILES string of the molecule is CC1(C)CC(C2(C)CCC(Br)C2)C(C)(C)O1. The van der Waals surface area contributed by atoms with Gasteiger partial charge in [-0.15, -0.1) is 0 Å². The lowest BCUT2D eigenvalue weighted by molar-refractivity contribution is -0.0876. The number of halogens is 1. The number of hydrogen-bond donors (Lipinski definition) is 0. The third-order valence-electron chi connectivity index (χ3n) is 4.63. The molecule has 0 amide bonds. The Bertz CT molecular complexity index is 284. The van der Waals surface area contributed by atoms with Gasteiger partial charge in [0, 0.05) is 4.83 Å². The van der Waals surface area contributed by atoms with Gasteiger partial charge >= 0.3 is 0 Å². The van der Waals surface area contributed by atoms with Crippen molar-refractivity contribution < 1.29 is 4.74 Å². The molecule has 1 nitrogen and oxygen atoms in total. The van der Waals surface area contributed by atoms with Crippen molar-refractivity contribution in [2.24, 2.45) is 11.3 Å². The maximum absolute atomic E-state index is 6.25. The van der Waals surface area contributed by atoms with Crippen LogP contribution in [-0.4, -0.2) is 16.0 Å². The quantitative estimate of drug-likeness (QED) is 0.644. The fraction of sp³-hybridized carbons (Fsp3) is 1.00. The molecule has 0 aromatic rings. The van der Waals surface area contributed by atoms with Crippen molar-refractivity contribution in [1.29, 1.82) is 0 Å². The van der Waals surface area contributed by atoms with E-state index in [-0.39, 0.29) is 11.2 Å². The predicted octanol–water partition coefficient (Wildman–Crippen LogP) is 4.53. The van der Waals surface area contributed by atoms with Crippen LogP contribution in [0.25, 0.3) is 0 Å². The Morgan fingerprint density at radius 2 is 1.69 bits per heavy atom. The van der Waals surface area contributed by atoms with Crippen molar-refractivity contribution in [3.8, 4) is 0 Å². The van der Waals surface area contributed by atoms with Gasteiger partial charge < -0.3 is 4.74 Å². The maximum Gasteiger partial charge on any atom is 0.0668 e. The molecular weight excluding hydrogens is 264 g/mol. The van der Waals surface area contributed by atoms with Gasteiger partial charge in [0.15, 0.2) is 0 Å². The second-order valence-electron chi connectivity index (χ2n) is 7.22. The summed E-state index contributed by atoms with van der Waals surface area (Å²) in [6.07, 6.45) is 5.18. The Balaban J connectivity index is 2.21. The first-order valence-corrected chi connectivity index (χ1v) is 7.40. The minimum atomic E-state index is 0.0370. The largest absolute Gasteiger partial charge is 0.369 e. The van der Waals surface area contributed by atoms with Gasteiger partial charge in [-0.05, 0) is 64.7 Å². The molecule has 1 aliphatic carbocycles. The summed E-state index contributed by atoms with van der Waals surface area (Å²) in [5, 5.41) is 0. The van der Waals surface area contributed by atoms with E-state index < -0.39 is 0 Å².